The predicted octanol–water partition coefficient (Wildman–Crippen LogP) is 0.857. The molecule has 1 N–H and O–H groups in total. The van der Waals surface area contributed by atoms with Crippen molar-refractivity contribution in [1.29, 1.82) is 0 Å². The van der Waals surface area contributed by atoms with Crippen molar-refractivity contribution in [1.82, 2.24) is 14.9 Å². The molecule has 0 atom stereocenters. The summed E-state index contributed by atoms with van der Waals surface area (Å²) in [6.07, 6.45) is 4.41. The fourth-order valence-electron chi connectivity index (χ4n) is 2.86. The van der Waals surface area contributed by atoms with Crippen molar-refractivity contribution in [2.45, 2.75) is 31.3 Å². The third-order valence-corrected chi connectivity index (χ3v) is 4.25. The zero-order valence-electron chi connectivity index (χ0n) is 11.5. The van der Waals surface area contributed by atoms with Crippen LogP contribution < -0.4 is 4.90 Å². The number of nitrogens with zero attached hydrogens (tertiary/aromatic N) is 4. The first-order valence-corrected chi connectivity index (χ1v) is 7.16. The highest BCUT2D eigenvalue weighted by Crippen LogP contribution is 2.36. The van der Waals surface area contributed by atoms with Crippen LogP contribution in [0.15, 0.2) is 12.4 Å². The molecule has 2 heterocycles. The highest BCUT2D eigenvalue weighted by molar-refractivity contribution is 5.40. The van der Waals surface area contributed by atoms with Gasteiger partial charge in [-0.2, -0.15) is 0 Å². The van der Waals surface area contributed by atoms with Crippen LogP contribution in [-0.4, -0.2) is 59.3 Å². The molecule has 1 aliphatic carbocycles. The molecule has 0 unspecified atom stereocenters. The van der Waals surface area contributed by atoms with Crippen molar-refractivity contribution < 1.29 is 5.11 Å². The van der Waals surface area contributed by atoms with E-state index in [0.29, 0.717) is 5.92 Å². The second-order valence-electron chi connectivity index (χ2n) is 5.77. The summed E-state index contributed by atoms with van der Waals surface area (Å²) < 4.78 is 0. The number of aromatic nitrogens is 2. The summed E-state index contributed by atoms with van der Waals surface area (Å²) in [5, 5.41) is 9.40. The van der Waals surface area contributed by atoms with E-state index in [1.165, 1.54) is 6.42 Å². The smallest absolute Gasteiger partial charge is 0.132 e. The zero-order chi connectivity index (χ0) is 13.2. The molecule has 5 heteroatoms. The van der Waals surface area contributed by atoms with Gasteiger partial charge in [-0.15, -0.1) is 0 Å². The van der Waals surface area contributed by atoms with Crippen molar-refractivity contribution in [2.24, 2.45) is 0 Å². The molecule has 1 aromatic heterocycles. The van der Waals surface area contributed by atoms with Gasteiger partial charge in [0.2, 0.25) is 0 Å². The van der Waals surface area contributed by atoms with Gasteiger partial charge >= 0.3 is 0 Å². The van der Waals surface area contributed by atoms with Crippen LogP contribution in [0.25, 0.3) is 0 Å². The van der Waals surface area contributed by atoms with Crippen molar-refractivity contribution in [3.05, 3.63) is 18.1 Å². The maximum atomic E-state index is 9.40. The Morgan fingerprint density at radius 2 is 2.00 bits per heavy atom. The lowest BCUT2D eigenvalue weighted by Gasteiger charge is -2.31. The van der Waals surface area contributed by atoms with Gasteiger partial charge in [0.25, 0.3) is 0 Å². The number of anilines is 1. The quantitative estimate of drug-likeness (QED) is 0.856. The maximum Gasteiger partial charge on any atom is 0.132 e. The topological polar surface area (TPSA) is 52.5 Å². The molecule has 1 saturated heterocycles. The second-order valence-corrected chi connectivity index (χ2v) is 5.77. The van der Waals surface area contributed by atoms with Crippen molar-refractivity contribution in [2.75, 3.05) is 38.1 Å². The Morgan fingerprint density at radius 1 is 1.16 bits per heavy atom. The molecule has 0 aromatic carbocycles. The molecule has 0 bridgehead atoms. The lowest BCUT2D eigenvalue weighted by molar-refractivity contribution is 0.0732. The van der Waals surface area contributed by atoms with E-state index in [1.54, 1.807) is 6.33 Å². The van der Waals surface area contributed by atoms with E-state index < -0.39 is 0 Å². The van der Waals surface area contributed by atoms with Gasteiger partial charge in [0.05, 0.1) is 6.10 Å². The number of rotatable bonds is 2. The molecule has 0 amide bonds. The van der Waals surface area contributed by atoms with E-state index >= 15 is 0 Å². The summed E-state index contributed by atoms with van der Waals surface area (Å²) in [7, 11) is 2.17. The van der Waals surface area contributed by atoms with Crippen LogP contribution in [0.1, 0.15) is 30.9 Å². The minimum absolute atomic E-state index is 0.129. The van der Waals surface area contributed by atoms with Gasteiger partial charge in [0.15, 0.2) is 0 Å². The van der Waals surface area contributed by atoms with Gasteiger partial charge in [0.1, 0.15) is 12.1 Å². The Morgan fingerprint density at radius 3 is 2.79 bits per heavy atom. The van der Waals surface area contributed by atoms with Gasteiger partial charge in [-0.1, -0.05) is 0 Å². The first kappa shape index (κ1) is 12.8. The van der Waals surface area contributed by atoms with Crippen LogP contribution in [0.3, 0.4) is 0 Å². The van der Waals surface area contributed by atoms with Gasteiger partial charge in [-0.3, -0.25) is 0 Å². The largest absolute Gasteiger partial charge is 0.393 e. The van der Waals surface area contributed by atoms with E-state index in [0.717, 1.165) is 50.5 Å². The molecule has 19 heavy (non-hydrogen) atoms. The number of aliphatic hydroxyl groups excluding tert-OH is 1. The Kier molecular flexibility index (Phi) is 3.66. The molecule has 1 aliphatic heterocycles. The van der Waals surface area contributed by atoms with E-state index in [-0.39, 0.29) is 6.10 Å². The molecule has 1 saturated carbocycles. The molecule has 3 rings (SSSR count). The number of aliphatic hydroxyl groups is 1. The van der Waals surface area contributed by atoms with Gasteiger partial charge < -0.3 is 14.9 Å². The van der Waals surface area contributed by atoms with Crippen molar-refractivity contribution >= 4 is 5.82 Å². The number of hydrogen-bond acceptors (Lipinski definition) is 5. The molecular weight excluding hydrogens is 240 g/mol. The fourth-order valence-corrected chi connectivity index (χ4v) is 2.86. The Bertz CT molecular complexity index is 433. The molecule has 0 radical (unpaired) electrons. The molecule has 1 aromatic rings. The Labute approximate surface area is 114 Å². The summed E-state index contributed by atoms with van der Waals surface area (Å²) in [4.78, 5) is 13.5. The zero-order valence-corrected chi connectivity index (χ0v) is 11.5. The minimum atomic E-state index is -0.129. The summed E-state index contributed by atoms with van der Waals surface area (Å²) >= 11 is 0. The molecular formula is C14H22N4O. The molecule has 5 nitrogen and oxygen atoms in total. The van der Waals surface area contributed by atoms with E-state index in [9.17, 15) is 5.11 Å². The van der Waals surface area contributed by atoms with E-state index in [4.69, 9.17) is 0 Å². The number of likely N-dealkylation sites (N-methyl/N-ethyl adjacent to an activating group) is 1. The average molecular weight is 262 g/mol. The maximum absolute atomic E-state index is 9.40. The monoisotopic (exact) mass is 262 g/mol. The first-order valence-electron chi connectivity index (χ1n) is 7.16. The standard InChI is InChI=1S/C14H22N4O/c1-17-3-2-4-18(6-5-17)14-9-13(15-10-16-14)11-7-12(19)8-11/h9-12,19H,2-8H2,1H3. The summed E-state index contributed by atoms with van der Waals surface area (Å²) in [6, 6.07) is 2.11. The van der Waals surface area contributed by atoms with Crippen LogP contribution in [0.2, 0.25) is 0 Å². The van der Waals surface area contributed by atoms with Crippen molar-refractivity contribution in [3.63, 3.8) is 0 Å². The number of hydrogen-bond donors (Lipinski definition) is 1. The van der Waals surface area contributed by atoms with Crippen LogP contribution in [-0.2, 0) is 0 Å². The van der Waals surface area contributed by atoms with Gasteiger partial charge in [0, 0.05) is 37.3 Å². The van der Waals surface area contributed by atoms with Gasteiger partial charge in [-0.05, 0) is 32.9 Å². The second kappa shape index (κ2) is 5.43. The molecule has 2 fully saturated rings. The Balaban J connectivity index is 1.71. The lowest BCUT2D eigenvalue weighted by atomic mass is 9.80. The SMILES string of the molecule is CN1CCCN(c2cc(C3CC(O)C3)ncn2)CC1. The van der Waals surface area contributed by atoms with E-state index in [1.807, 2.05) is 0 Å². The summed E-state index contributed by atoms with van der Waals surface area (Å²) in [5.74, 6) is 1.47. The van der Waals surface area contributed by atoms with Crippen molar-refractivity contribution in [3.8, 4) is 0 Å². The predicted molar refractivity (Wildman–Crippen MR) is 74.3 cm³/mol. The van der Waals surface area contributed by atoms with Crippen LogP contribution in [0.4, 0.5) is 5.82 Å². The lowest BCUT2D eigenvalue weighted by Crippen LogP contribution is -2.30. The average Bonchev–Trinajstić information content (AvgIpc) is 2.60. The first-order chi connectivity index (χ1) is 9.22. The fraction of sp³-hybridized carbons (Fsp3) is 0.714. The molecule has 2 aliphatic rings. The highest BCUT2D eigenvalue weighted by Gasteiger charge is 2.30. The third-order valence-electron chi connectivity index (χ3n) is 4.25. The Hall–Kier alpha value is -1.20. The molecule has 0 spiro atoms. The van der Waals surface area contributed by atoms with Crippen LogP contribution in [0.5, 0.6) is 0 Å². The van der Waals surface area contributed by atoms with E-state index in [2.05, 4.69) is 32.9 Å². The normalized spacial score (nSPS) is 28.8. The van der Waals surface area contributed by atoms with Crippen LogP contribution >= 0.6 is 0 Å². The minimum Gasteiger partial charge on any atom is -0.393 e. The highest BCUT2D eigenvalue weighted by atomic mass is 16.3. The molecule has 104 valence electrons. The summed E-state index contributed by atoms with van der Waals surface area (Å²) in [6.45, 7) is 4.33. The summed E-state index contributed by atoms with van der Waals surface area (Å²) in [5.41, 5.74) is 1.09. The van der Waals surface area contributed by atoms with Crippen LogP contribution in [0, 0.1) is 0 Å². The third kappa shape index (κ3) is 2.87. The van der Waals surface area contributed by atoms with Gasteiger partial charge in [-0.25, -0.2) is 9.97 Å².